The van der Waals surface area contributed by atoms with Crippen LogP contribution in [0, 0.1) is 0 Å². The lowest BCUT2D eigenvalue weighted by Gasteiger charge is -2.06. The predicted octanol–water partition coefficient (Wildman–Crippen LogP) is 5.28. The highest BCUT2D eigenvalue weighted by molar-refractivity contribution is 6.02. The summed E-state index contributed by atoms with van der Waals surface area (Å²) in [5.41, 5.74) is 2.48. The zero-order valence-corrected chi connectivity index (χ0v) is 14.8. The molecule has 0 saturated carbocycles. The van der Waals surface area contributed by atoms with Gasteiger partial charge in [-0.3, -0.25) is 0 Å². The lowest BCUT2D eigenvalue weighted by Crippen LogP contribution is -2.09. The molecule has 3 heteroatoms. The van der Waals surface area contributed by atoms with Crippen molar-refractivity contribution in [3.05, 3.63) is 53.1 Å². The Morgan fingerprint density at radius 2 is 1.88 bits per heavy atom. The number of carbonyl (C=O) groups excluding carboxylic acids is 1. The third-order valence-electron chi connectivity index (χ3n) is 4.13. The zero-order chi connectivity index (χ0) is 17.2. The maximum absolute atomic E-state index is 12.4. The minimum atomic E-state index is -0.286. The lowest BCUT2D eigenvalue weighted by molar-refractivity contribution is -0.138. The summed E-state index contributed by atoms with van der Waals surface area (Å²) < 4.78 is 11.1. The van der Waals surface area contributed by atoms with Gasteiger partial charge < -0.3 is 9.47 Å². The second-order valence-corrected chi connectivity index (χ2v) is 6.01. The van der Waals surface area contributed by atoms with Crippen LogP contribution in [0.25, 0.3) is 5.76 Å². The number of allylic oxidation sites excluding steroid dienone is 1. The minimum Gasteiger partial charge on any atom is -0.487 e. The van der Waals surface area contributed by atoms with Gasteiger partial charge in [0.25, 0.3) is 0 Å². The number of esters is 1. The normalized spacial score (nSPS) is 15.7. The van der Waals surface area contributed by atoms with E-state index in [-0.39, 0.29) is 5.97 Å². The molecule has 0 unspecified atom stereocenters. The third-order valence-corrected chi connectivity index (χ3v) is 4.13. The predicted molar refractivity (Wildman–Crippen MR) is 97.4 cm³/mol. The SMILES string of the molecule is CCCCCCC/C=C1\COC(c2ccccc2)=C1C(=O)OCC. The number of ether oxygens (including phenoxy) is 2. The fourth-order valence-electron chi connectivity index (χ4n) is 2.87. The summed E-state index contributed by atoms with van der Waals surface area (Å²) in [7, 11) is 0. The molecule has 3 nitrogen and oxygen atoms in total. The summed E-state index contributed by atoms with van der Waals surface area (Å²) in [6.45, 7) is 4.87. The molecular formula is C21H28O3. The van der Waals surface area contributed by atoms with Crippen LogP contribution in [0.1, 0.15) is 57.9 Å². The van der Waals surface area contributed by atoms with Crippen molar-refractivity contribution in [1.29, 1.82) is 0 Å². The number of unbranched alkanes of at least 4 members (excludes halogenated alkanes) is 5. The Balaban J connectivity index is 2.13. The number of carbonyl (C=O) groups is 1. The van der Waals surface area contributed by atoms with Crippen LogP contribution >= 0.6 is 0 Å². The maximum atomic E-state index is 12.4. The van der Waals surface area contributed by atoms with Gasteiger partial charge in [0.1, 0.15) is 17.9 Å². The van der Waals surface area contributed by atoms with Gasteiger partial charge >= 0.3 is 5.97 Å². The molecule has 0 fully saturated rings. The van der Waals surface area contributed by atoms with Crippen molar-refractivity contribution in [1.82, 2.24) is 0 Å². The van der Waals surface area contributed by atoms with E-state index in [4.69, 9.17) is 9.47 Å². The van der Waals surface area contributed by atoms with E-state index in [2.05, 4.69) is 13.0 Å². The summed E-state index contributed by atoms with van der Waals surface area (Å²) >= 11 is 0. The second kappa shape index (κ2) is 9.96. The van der Waals surface area contributed by atoms with E-state index in [0.29, 0.717) is 24.5 Å². The van der Waals surface area contributed by atoms with Crippen LogP contribution in [0.5, 0.6) is 0 Å². The summed E-state index contributed by atoms with van der Waals surface area (Å²) in [4.78, 5) is 12.4. The second-order valence-electron chi connectivity index (χ2n) is 6.01. The maximum Gasteiger partial charge on any atom is 0.342 e. The Morgan fingerprint density at radius 1 is 1.12 bits per heavy atom. The molecule has 0 aromatic heterocycles. The van der Waals surface area contributed by atoms with Crippen LogP contribution in [0.2, 0.25) is 0 Å². The Kier molecular flexibility index (Phi) is 7.60. The molecule has 0 N–H and O–H groups in total. The molecule has 2 rings (SSSR count). The van der Waals surface area contributed by atoms with Gasteiger partial charge in [-0.2, -0.15) is 0 Å². The molecule has 0 saturated heterocycles. The van der Waals surface area contributed by atoms with Crippen molar-refractivity contribution in [3.8, 4) is 0 Å². The van der Waals surface area contributed by atoms with Gasteiger partial charge in [-0.15, -0.1) is 0 Å². The summed E-state index contributed by atoms with van der Waals surface area (Å²) in [6, 6.07) is 9.77. The zero-order valence-electron chi connectivity index (χ0n) is 14.8. The van der Waals surface area contributed by atoms with Crippen LogP contribution < -0.4 is 0 Å². The molecule has 1 aromatic rings. The Labute approximate surface area is 145 Å². The molecule has 1 aliphatic heterocycles. The Morgan fingerprint density at radius 3 is 2.58 bits per heavy atom. The summed E-state index contributed by atoms with van der Waals surface area (Å²) in [5, 5.41) is 0. The van der Waals surface area contributed by atoms with Crippen molar-refractivity contribution in [3.63, 3.8) is 0 Å². The van der Waals surface area contributed by atoms with E-state index >= 15 is 0 Å². The molecule has 1 heterocycles. The van der Waals surface area contributed by atoms with E-state index in [1.54, 1.807) is 0 Å². The van der Waals surface area contributed by atoms with Gasteiger partial charge in [0.05, 0.1) is 6.61 Å². The fourth-order valence-corrected chi connectivity index (χ4v) is 2.87. The average Bonchev–Trinajstić information content (AvgIpc) is 3.03. The highest BCUT2D eigenvalue weighted by atomic mass is 16.5. The number of rotatable bonds is 9. The molecule has 0 amide bonds. The molecule has 0 spiro atoms. The highest BCUT2D eigenvalue weighted by Crippen LogP contribution is 2.33. The smallest absolute Gasteiger partial charge is 0.342 e. The van der Waals surface area contributed by atoms with Crippen molar-refractivity contribution in [2.24, 2.45) is 0 Å². The first kappa shape index (κ1) is 18.3. The number of hydrogen-bond donors (Lipinski definition) is 0. The van der Waals surface area contributed by atoms with E-state index in [0.717, 1.165) is 24.0 Å². The largest absolute Gasteiger partial charge is 0.487 e. The monoisotopic (exact) mass is 328 g/mol. The van der Waals surface area contributed by atoms with Crippen molar-refractivity contribution in [2.75, 3.05) is 13.2 Å². The van der Waals surface area contributed by atoms with Crippen LogP contribution in [-0.4, -0.2) is 19.2 Å². The minimum absolute atomic E-state index is 0.286. The topological polar surface area (TPSA) is 35.5 Å². The van der Waals surface area contributed by atoms with Gasteiger partial charge in [0.15, 0.2) is 0 Å². The first-order valence-corrected chi connectivity index (χ1v) is 9.07. The molecule has 0 aliphatic carbocycles. The van der Waals surface area contributed by atoms with Gasteiger partial charge in [-0.1, -0.05) is 69.0 Å². The van der Waals surface area contributed by atoms with Gasteiger partial charge in [0.2, 0.25) is 0 Å². The highest BCUT2D eigenvalue weighted by Gasteiger charge is 2.29. The van der Waals surface area contributed by atoms with E-state index in [9.17, 15) is 4.79 Å². The summed E-state index contributed by atoms with van der Waals surface area (Å²) in [5.74, 6) is 0.359. The molecule has 1 aliphatic rings. The Bertz CT molecular complexity index is 584. The molecule has 0 bridgehead atoms. The standard InChI is InChI=1S/C21H28O3/c1-3-5-6-7-8-10-15-18-16-24-20(17-13-11-9-12-14-17)19(18)21(22)23-4-2/h9,11-15H,3-8,10,16H2,1-2H3/b18-15+. The molecule has 0 atom stereocenters. The third kappa shape index (κ3) is 4.98. The first-order valence-electron chi connectivity index (χ1n) is 9.07. The number of hydrogen-bond acceptors (Lipinski definition) is 3. The molecule has 0 radical (unpaired) electrons. The molecular weight excluding hydrogens is 300 g/mol. The number of benzene rings is 1. The van der Waals surface area contributed by atoms with Gasteiger partial charge in [-0.05, 0) is 19.8 Å². The fraction of sp³-hybridized carbons (Fsp3) is 0.476. The van der Waals surface area contributed by atoms with Crippen LogP contribution in [-0.2, 0) is 14.3 Å². The first-order chi connectivity index (χ1) is 11.8. The van der Waals surface area contributed by atoms with Crippen LogP contribution in [0.3, 0.4) is 0 Å². The van der Waals surface area contributed by atoms with E-state index in [1.165, 1.54) is 25.7 Å². The van der Waals surface area contributed by atoms with E-state index in [1.807, 2.05) is 37.3 Å². The van der Waals surface area contributed by atoms with Crippen LogP contribution in [0.15, 0.2) is 47.6 Å². The molecule has 24 heavy (non-hydrogen) atoms. The molecule has 130 valence electrons. The van der Waals surface area contributed by atoms with Crippen molar-refractivity contribution < 1.29 is 14.3 Å². The average molecular weight is 328 g/mol. The van der Waals surface area contributed by atoms with Crippen LogP contribution in [0.4, 0.5) is 0 Å². The Hall–Kier alpha value is -2.03. The van der Waals surface area contributed by atoms with E-state index < -0.39 is 0 Å². The summed E-state index contributed by atoms with van der Waals surface area (Å²) in [6.07, 6.45) is 9.35. The van der Waals surface area contributed by atoms with Crippen molar-refractivity contribution >= 4 is 11.7 Å². The lowest BCUT2D eigenvalue weighted by atomic mass is 10.0. The van der Waals surface area contributed by atoms with Gasteiger partial charge in [0, 0.05) is 11.1 Å². The quantitative estimate of drug-likeness (QED) is 0.457. The van der Waals surface area contributed by atoms with Crippen molar-refractivity contribution in [2.45, 2.75) is 52.4 Å². The molecule has 1 aromatic carbocycles. The van der Waals surface area contributed by atoms with Gasteiger partial charge in [-0.25, -0.2) is 4.79 Å².